The van der Waals surface area contributed by atoms with E-state index in [0.29, 0.717) is 5.75 Å². The molecule has 0 radical (unpaired) electrons. The third-order valence-corrected chi connectivity index (χ3v) is 6.89. The molecular weight excluding hydrogens is 519 g/mol. The summed E-state index contributed by atoms with van der Waals surface area (Å²) in [6, 6.07) is 18.4. The molecule has 0 N–H and O–H groups in total. The van der Waals surface area contributed by atoms with Gasteiger partial charge in [0.2, 0.25) is 0 Å². The number of carbonyl (C=O) groups is 2. The van der Waals surface area contributed by atoms with Crippen LogP contribution in [-0.2, 0) is 4.79 Å². The lowest BCUT2D eigenvalue weighted by Gasteiger charge is -2.13. The Balaban J connectivity index is 1.51. The molecule has 3 aromatic rings. The minimum atomic E-state index is -0.904. The lowest BCUT2D eigenvalue weighted by atomic mass is 10.1. The second-order valence-electron chi connectivity index (χ2n) is 9.77. The molecule has 0 heterocycles. The van der Waals surface area contributed by atoms with Gasteiger partial charge in [-0.15, -0.1) is 11.6 Å². The van der Waals surface area contributed by atoms with Crippen LogP contribution in [0.1, 0.15) is 69.7 Å². The highest BCUT2D eigenvalue weighted by molar-refractivity contribution is 6.30. The zero-order valence-corrected chi connectivity index (χ0v) is 23.5. The Morgan fingerprint density at radius 3 is 1.97 bits per heavy atom. The molecule has 0 saturated carbocycles. The minimum absolute atomic E-state index is 0.0146. The van der Waals surface area contributed by atoms with Crippen molar-refractivity contribution in [1.29, 1.82) is 0 Å². The van der Waals surface area contributed by atoms with Gasteiger partial charge in [0.1, 0.15) is 16.9 Å². The average molecular weight is 555 g/mol. The largest absolute Gasteiger partial charge is 0.494 e. The van der Waals surface area contributed by atoms with E-state index in [1.54, 1.807) is 26.0 Å². The molecule has 0 aliphatic heterocycles. The smallest absolute Gasteiger partial charge is 0.343 e. The number of unbranched alkanes of at least 4 members (excludes halogenated alkanes) is 5. The van der Waals surface area contributed by atoms with Crippen molar-refractivity contribution in [1.82, 2.24) is 0 Å². The molecule has 3 aromatic carbocycles. The fourth-order valence-electron chi connectivity index (χ4n) is 3.84. The van der Waals surface area contributed by atoms with E-state index in [9.17, 15) is 14.0 Å². The number of hydrogen-bond acceptors (Lipinski definition) is 5. The van der Waals surface area contributed by atoms with E-state index in [4.69, 9.17) is 25.8 Å². The third-order valence-electron chi connectivity index (χ3n) is 6.21. The van der Waals surface area contributed by atoms with Crippen molar-refractivity contribution in [2.45, 2.75) is 64.7 Å². The van der Waals surface area contributed by atoms with Crippen LogP contribution in [-0.4, -0.2) is 23.9 Å². The van der Waals surface area contributed by atoms with E-state index in [1.807, 2.05) is 36.4 Å². The maximum atomic E-state index is 14.5. The van der Waals surface area contributed by atoms with Crippen LogP contribution in [0.3, 0.4) is 0 Å². The van der Waals surface area contributed by atoms with Crippen molar-refractivity contribution in [3.05, 3.63) is 78.1 Å². The van der Waals surface area contributed by atoms with Crippen molar-refractivity contribution < 1.29 is 28.2 Å². The molecule has 0 fully saturated rings. The zero-order valence-electron chi connectivity index (χ0n) is 22.8. The third kappa shape index (κ3) is 9.39. The number of ether oxygens (including phenoxy) is 3. The molecule has 7 heteroatoms. The Kier molecular flexibility index (Phi) is 11.8. The molecule has 1 unspecified atom stereocenters. The Labute approximate surface area is 235 Å². The van der Waals surface area contributed by atoms with Crippen LogP contribution < -0.4 is 14.2 Å². The van der Waals surface area contributed by atoms with Crippen LogP contribution in [0.4, 0.5) is 4.39 Å². The fraction of sp³-hybridized carbons (Fsp3) is 0.375. The first kappa shape index (κ1) is 30.2. The summed E-state index contributed by atoms with van der Waals surface area (Å²) in [4.78, 5) is 24.5. The summed E-state index contributed by atoms with van der Waals surface area (Å²) in [6.07, 6.45) is 7.36. The summed E-state index contributed by atoms with van der Waals surface area (Å²) in [6.45, 7) is 6.44. The maximum Gasteiger partial charge on any atom is 0.343 e. The summed E-state index contributed by atoms with van der Waals surface area (Å²) >= 11 is 5.96. The summed E-state index contributed by atoms with van der Waals surface area (Å²) in [5.74, 6) is -1.66. The molecule has 0 amide bonds. The molecule has 0 aliphatic rings. The number of hydrogen-bond donors (Lipinski definition) is 0. The molecule has 0 aromatic heterocycles. The first-order valence-corrected chi connectivity index (χ1v) is 13.9. The molecule has 5 nitrogen and oxygen atoms in total. The molecule has 1 atom stereocenters. The topological polar surface area (TPSA) is 61.8 Å². The van der Waals surface area contributed by atoms with Crippen molar-refractivity contribution in [2.75, 3.05) is 6.61 Å². The van der Waals surface area contributed by atoms with E-state index < -0.39 is 23.1 Å². The van der Waals surface area contributed by atoms with Gasteiger partial charge in [0.25, 0.3) is 0 Å². The second kappa shape index (κ2) is 15.3. The van der Waals surface area contributed by atoms with Crippen LogP contribution in [0.2, 0.25) is 0 Å². The first-order chi connectivity index (χ1) is 18.8. The summed E-state index contributed by atoms with van der Waals surface area (Å²) in [7, 11) is 0. The molecule has 39 heavy (non-hydrogen) atoms. The van der Waals surface area contributed by atoms with Crippen molar-refractivity contribution in [3.8, 4) is 28.4 Å². The van der Waals surface area contributed by atoms with Gasteiger partial charge < -0.3 is 14.2 Å². The Hall–Kier alpha value is -3.38. The van der Waals surface area contributed by atoms with Gasteiger partial charge in [-0.25, -0.2) is 9.18 Å². The minimum Gasteiger partial charge on any atom is -0.494 e. The molecule has 0 saturated heterocycles. The average Bonchev–Trinajstić information content (AvgIpc) is 2.93. The highest BCUT2D eigenvalue weighted by Gasteiger charge is 2.23. The van der Waals surface area contributed by atoms with Gasteiger partial charge in [-0.05, 0) is 65.9 Å². The number of halogens is 2. The van der Waals surface area contributed by atoms with Gasteiger partial charge in [-0.3, -0.25) is 4.79 Å². The standard InChI is InChI=1S/C32H36ClFO5/c1-4-5-6-7-8-9-20-37-26-15-10-23(11-16-26)24-12-17-27(18-13-24)38-31(35)25-14-19-29(28(34)21-25)39-32(36)30(33)22(2)3/h10-19,21-22,30H,4-9,20H2,1-3H3. The Morgan fingerprint density at radius 1 is 0.795 bits per heavy atom. The molecule has 0 aliphatic carbocycles. The first-order valence-electron chi connectivity index (χ1n) is 13.5. The summed E-state index contributed by atoms with van der Waals surface area (Å²) in [5, 5.41) is -0.904. The molecular formula is C32H36ClFO5. The summed E-state index contributed by atoms with van der Waals surface area (Å²) in [5.41, 5.74) is 1.94. The second-order valence-corrected chi connectivity index (χ2v) is 10.2. The van der Waals surface area contributed by atoms with Crippen LogP contribution in [0.5, 0.6) is 17.2 Å². The molecule has 0 spiro atoms. The molecule has 3 rings (SSSR count). The highest BCUT2D eigenvalue weighted by Crippen LogP contribution is 2.26. The Bertz CT molecular complexity index is 1210. The van der Waals surface area contributed by atoms with E-state index in [0.717, 1.165) is 36.0 Å². The molecule has 0 bridgehead atoms. The van der Waals surface area contributed by atoms with Crippen LogP contribution >= 0.6 is 11.6 Å². The van der Waals surface area contributed by atoms with Crippen LogP contribution in [0.15, 0.2) is 66.7 Å². The molecule has 208 valence electrons. The number of benzene rings is 3. The van der Waals surface area contributed by atoms with Crippen molar-refractivity contribution in [2.24, 2.45) is 5.92 Å². The summed E-state index contributed by atoms with van der Waals surface area (Å²) < 4.78 is 30.7. The van der Waals surface area contributed by atoms with Gasteiger partial charge >= 0.3 is 11.9 Å². The quantitative estimate of drug-likeness (QED) is 0.0863. The van der Waals surface area contributed by atoms with Gasteiger partial charge in [0.05, 0.1) is 12.2 Å². The van der Waals surface area contributed by atoms with Crippen LogP contribution in [0, 0.1) is 11.7 Å². The lowest BCUT2D eigenvalue weighted by molar-refractivity contribution is -0.134. The highest BCUT2D eigenvalue weighted by atomic mass is 35.5. The monoisotopic (exact) mass is 554 g/mol. The zero-order chi connectivity index (χ0) is 28.2. The van der Waals surface area contributed by atoms with Gasteiger partial charge in [0.15, 0.2) is 11.6 Å². The number of alkyl halides is 1. The predicted molar refractivity (Wildman–Crippen MR) is 152 cm³/mol. The fourth-order valence-corrected chi connectivity index (χ4v) is 3.89. The van der Waals surface area contributed by atoms with E-state index >= 15 is 0 Å². The van der Waals surface area contributed by atoms with Crippen molar-refractivity contribution >= 4 is 23.5 Å². The van der Waals surface area contributed by atoms with E-state index in [-0.39, 0.29) is 17.2 Å². The van der Waals surface area contributed by atoms with Crippen LogP contribution in [0.25, 0.3) is 11.1 Å². The van der Waals surface area contributed by atoms with Gasteiger partial charge in [0, 0.05) is 0 Å². The maximum absolute atomic E-state index is 14.5. The number of esters is 2. The SMILES string of the molecule is CCCCCCCCOc1ccc(-c2ccc(OC(=O)c3ccc(OC(=O)C(Cl)C(C)C)c(F)c3)cc2)cc1. The lowest BCUT2D eigenvalue weighted by Crippen LogP contribution is -2.25. The number of carbonyl (C=O) groups excluding carboxylic acids is 2. The van der Waals surface area contributed by atoms with E-state index in [2.05, 4.69) is 6.92 Å². The number of rotatable bonds is 14. The van der Waals surface area contributed by atoms with Gasteiger partial charge in [-0.1, -0.05) is 77.1 Å². The van der Waals surface area contributed by atoms with E-state index in [1.165, 1.54) is 44.2 Å². The Morgan fingerprint density at radius 2 is 1.38 bits per heavy atom. The van der Waals surface area contributed by atoms with Crippen molar-refractivity contribution in [3.63, 3.8) is 0 Å². The van der Waals surface area contributed by atoms with Gasteiger partial charge in [-0.2, -0.15) is 0 Å². The predicted octanol–water partition coefficient (Wildman–Crippen LogP) is 8.62. The normalized spacial score (nSPS) is 11.7.